The number of carbonyl (C=O) groups excluding carboxylic acids is 1. The van der Waals surface area contributed by atoms with E-state index in [4.69, 9.17) is 4.98 Å². The number of aromatic nitrogens is 4. The van der Waals surface area contributed by atoms with Gasteiger partial charge < -0.3 is 15.1 Å². The van der Waals surface area contributed by atoms with Crippen LogP contribution in [0.3, 0.4) is 0 Å². The minimum absolute atomic E-state index is 0.304. The van der Waals surface area contributed by atoms with E-state index in [-0.39, 0.29) is 5.91 Å². The Balaban J connectivity index is 1.69. The van der Waals surface area contributed by atoms with Crippen molar-refractivity contribution in [1.29, 1.82) is 0 Å². The fourth-order valence-corrected chi connectivity index (χ4v) is 4.86. The first-order valence-electron chi connectivity index (χ1n) is 11.6. The summed E-state index contributed by atoms with van der Waals surface area (Å²) in [6, 6.07) is 19.1. The van der Waals surface area contributed by atoms with Crippen LogP contribution in [-0.4, -0.2) is 71.0 Å². The molecular formula is C26H29N7OS2. The lowest BCUT2D eigenvalue weighted by atomic mass is 10.1. The largest absolute Gasteiger partial charge is 0.355 e. The average Bonchev–Trinajstić information content (AvgIpc) is 3.39. The molecule has 1 N–H and O–H groups in total. The molecule has 0 aliphatic rings. The molecular weight excluding hydrogens is 490 g/mol. The number of likely N-dealkylation sites (N-methyl/N-ethyl adjacent to an activating group) is 2. The monoisotopic (exact) mass is 519 g/mol. The van der Waals surface area contributed by atoms with Crippen molar-refractivity contribution in [2.75, 3.05) is 50.2 Å². The lowest BCUT2D eigenvalue weighted by molar-refractivity contribution is 0.102. The van der Waals surface area contributed by atoms with Crippen LogP contribution in [0.5, 0.6) is 0 Å². The first kappa shape index (κ1) is 25.7. The van der Waals surface area contributed by atoms with E-state index in [2.05, 4.69) is 37.2 Å². The quantitative estimate of drug-likeness (QED) is 0.292. The number of nitrogens with zero attached hydrogens (tertiary/aromatic N) is 6. The van der Waals surface area contributed by atoms with E-state index in [1.54, 1.807) is 17.8 Å². The first-order valence-corrected chi connectivity index (χ1v) is 13.6. The zero-order valence-corrected chi connectivity index (χ0v) is 22.4. The summed E-state index contributed by atoms with van der Waals surface area (Å²) in [5.41, 5.74) is 2.64. The predicted molar refractivity (Wildman–Crippen MR) is 149 cm³/mol. The van der Waals surface area contributed by atoms with Crippen molar-refractivity contribution >= 4 is 40.5 Å². The topological polar surface area (TPSA) is 87.1 Å². The van der Waals surface area contributed by atoms with Crippen LogP contribution in [-0.2, 0) is 0 Å². The molecule has 36 heavy (non-hydrogen) atoms. The zero-order chi connectivity index (χ0) is 25.5. The van der Waals surface area contributed by atoms with Gasteiger partial charge in [-0.1, -0.05) is 65.6 Å². The predicted octanol–water partition coefficient (Wildman–Crippen LogP) is 5.02. The SMILES string of the molecule is CCN(CCN(C)C)c1cc(C(=O)Nc2ccccc2-c2nnc(SC)s2)nc(-c2ccccc2)n1. The van der Waals surface area contributed by atoms with Gasteiger partial charge >= 0.3 is 0 Å². The Morgan fingerprint density at radius 2 is 1.75 bits per heavy atom. The molecule has 0 bridgehead atoms. The highest BCUT2D eigenvalue weighted by Crippen LogP contribution is 2.33. The number of benzene rings is 2. The fraction of sp³-hybridized carbons (Fsp3) is 0.269. The van der Waals surface area contributed by atoms with Crippen LogP contribution in [0.15, 0.2) is 65.0 Å². The number of hydrogen-bond acceptors (Lipinski definition) is 9. The van der Waals surface area contributed by atoms with Gasteiger partial charge in [-0.05, 0) is 39.4 Å². The lowest BCUT2D eigenvalue weighted by Crippen LogP contribution is -2.32. The molecule has 2 heterocycles. The summed E-state index contributed by atoms with van der Waals surface area (Å²) in [6.45, 7) is 4.50. The second kappa shape index (κ2) is 12.1. The number of rotatable bonds is 10. The summed E-state index contributed by atoms with van der Waals surface area (Å²) < 4.78 is 0.872. The van der Waals surface area contributed by atoms with Crippen LogP contribution in [0.2, 0.25) is 0 Å². The van der Waals surface area contributed by atoms with Crippen molar-refractivity contribution in [2.45, 2.75) is 11.3 Å². The Bertz CT molecular complexity index is 1310. The van der Waals surface area contributed by atoms with Gasteiger partial charge in [0.05, 0.1) is 5.69 Å². The third-order valence-corrected chi connectivity index (χ3v) is 7.42. The van der Waals surface area contributed by atoms with Crippen molar-refractivity contribution < 1.29 is 4.79 Å². The summed E-state index contributed by atoms with van der Waals surface area (Å²) in [5, 5.41) is 12.3. The molecule has 0 fully saturated rings. The third kappa shape index (κ3) is 6.26. The molecule has 0 atom stereocenters. The number of amides is 1. The van der Waals surface area contributed by atoms with Gasteiger partial charge in [-0.15, -0.1) is 10.2 Å². The number of carbonyl (C=O) groups is 1. The Labute approximate surface area is 219 Å². The van der Waals surface area contributed by atoms with Gasteiger partial charge in [0.15, 0.2) is 15.2 Å². The molecule has 10 heteroatoms. The molecule has 0 saturated carbocycles. The number of thioether (sulfide) groups is 1. The summed E-state index contributed by atoms with van der Waals surface area (Å²) in [5.74, 6) is 0.936. The van der Waals surface area contributed by atoms with Crippen molar-refractivity contribution in [3.05, 3.63) is 66.4 Å². The van der Waals surface area contributed by atoms with Crippen LogP contribution >= 0.6 is 23.1 Å². The van der Waals surface area contributed by atoms with Gasteiger partial charge in [0.2, 0.25) is 0 Å². The Morgan fingerprint density at radius 1 is 1.00 bits per heavy atom. The molecule has 1 amide bonds. The van der Waals surface area contributed by atoms with E-state index in [0.717, 1.165) is 45.9 Å². The summed E-state index contributed by atoms with van der Waals surface area (Å²) >= 11 is 3.04. The van der Waals surface area contributed by atoms with Crippen LogP contribution in [0.4, 0.5) is 11.5 Å². The highest BCUT2D eigenvalue weighted by molar-refractivity contribution is 8.00. The van der Waals surface area contributed by atoms with Gasteiger partial charge in [0.1, 0.15) is 11.5 Å². The van der Waals surface area contributed by atoms with E-state index in [1.165, 1.54) is 11.3 Å². The highest BCUT2D eigenvalue weighted by atomic mass is 32.2. The molecule has 4 aromatic rings. The van der Waals surface area contributed by atoms with Crippen molar-refractivity contribution in [3.8, 4) is 22.0 Å². The van der Waals surface area contributed by atoms with Crippen LogP contribution in [0.1, 0.15) is 17.4 Å². The summed E-state index contributed by atoms with van der Waals surface area (Å²) in [4.78, 5) is 27.3. The molecule has 0 aliphatic carbocycles. The maximum atomic E-state index is 13.5. The molecule has 2 aromatic heterocycles. The minimum Gasteiger partial charge on any atom is -0.355 e. The standard InChI is InChI=1S/C26H29N7OS2/c1-5-33(16-15-32(2)3)22-17-21(27-23(29-22)18-11-7-6-8-12-18)24(34)28-20-14-10-9-13-19(20)25-30-31-26(35-4)36-25/h6-14,17H,5,15-16H2,1-4H3,(H,28,34). The molecule has 186 valence electrons. The van der Waals surface area contributed by atoms with Gasteiger partial charge in [-0.2, -0.15) is 0 Å². The normalized spacial score (nSPS) is 11.0. The van der Waals surface area contributed by atoms with Gasteiger partial charge in [0, 0.05) is 36.8 Å². The molecule has 0 aliphatic heterocycles. The van der Waals surface area contributed by atoms with Crippen LogP contribution in [0, 0.1) is 0 Å². The van der Waals surface area contributed by atoms with Crippen molar-refractivity contribution in [1.82, 2.24) is 25.1 Å². The number of anilines is 2. The summed E-state index contributed by atoms with van der Waals surface area (Å²) in [6.07, 6.45) is 1.97. The van der Waals surface area contributed by atoms with E-state index in [1.807, 2.05) is 74.9 Å². The fourth-order valence-electron chi connectivity index (χ4n) is 3.55. The summed E-state index contributed by atoms with van der Waals surface area (Å²) in [7, 11) is 4.08. The number of hydrogen-bond donors (Lipinski definition) is 1. The Hall–Kier alpha value is -3.34. The number of para-hydroxylation sites is 1. The molecule has 2 aromatic carbocycles. The number of nitrogens with one attached hydrogen (secondary N) is 1. The molecule has 0 saturated heterocycles. The van der Waals surface area contributed by atoms with Crippen molar-refractivity contribution in [2.24, 2.45) is 0 Å². The van der Waals surface area contributed by atoms with Crippen LogP contribution in [0.25, 0.3) is 22.0 Å². The lowest BCUT2D eigenvalue weighted by Gasteiger charge is -2.24. The van der Waals surface area contributed by atoms with E-state index in [9.17, 15) is 4.79 Å². The van der Waals surface area contributed by atoms with E-state index < -0.39 is 0 Å². The van der Waals surface area contributed by atoms with Gasteiger partial charge in [0.25, 0.3) is 5.91 Å². The smallest absolute Gasteiger partial charge is 0.274 e. The average molecular weight is 520 g/mol. The molecule has 4 rings (SSSR count). The second-order valence-corrected chi connectivity index (χ2v) is 10.3. The molecule has 0 spiro atoms. The Morgan fingerprint density at radius 3 is 2.44 bits per heavy atom. The van der Waals surface area contributed by atoms with E-state index in [0.29, 0.717) is 17.2 Å². The van der Waals surface area contributed by atoms with Gasteiger partial charge in [-0.25, -0.2) is 9.97 Å². The third-order valence-electron chi connectivity index (χ3n) is 5.49. The maximum Gasteiger partial charge on any atom is 0.274 e. The van der Waals surface area contributed by atoms with Crippen molar-refractivity contribution in [3.63, 3.8) is 0 Å². The molecule has 0 unspecified atom stereocenters. The molecule has 8 nitrogen and oxygen atoms in total. The second-order valence-electron chi connectivity index (χ2n) is 8.26. The van der Waals surface area contributed by atoms with E-state index >= 15 is 0 Å². The molecule has 0 radical (unpaired) electrons. The first-order chi connectivity index (χ1) is 17.5. The highest BCUT2D eigenvalue weighted by Gasteiger charge is 2.19. The maximum absolute atomic E-state index is 13.5. The van der Waals surface area contributed by atoms with Gasteiger partial charge in [-0.3, -0.25) is 4.79 Å². The zero-order valence-electron chi connectivity index (χ0n) is 20.8. The minimum atomic E-state index is -0.304. The van der Waals surface area contributed by atoms with Crippen LogP contribution < -0.4 is 10.2 Å². The Kier molecular flexibility index (Phi) is 8.63.